The number of nitrogens with one attached hydrogen (secondary N) is 1. The highest BCUT2D eigenvalue weighted by molar-refractivity contribution is 5.85. The lowest BCUT2D eigenvalue weighted by Gasteiger charge is -2.33. The van der Waals surface area contributed by atoms with Crippen molar-refractivity contribution >= 4 is 23.2 Å². The normalized spacial score (nSPS) is 17.6. The van der Waals surface area contributed by atoms with Gasteiger partial charge in [0.15, 0.2) is 0 Å². The molecule has 1 N–H and O–H groups in total. The summed E-state index contributed by atoms with van der Waals surface area (Å²) >= 11 is 0. The molecule has 1 saturated heterocycles. The maximum absolute atomic E-state index is 13.5. The fourth-order valence-corrected chi connectivity index (χ4v) is 2.81. The summed E-state index contributed by atoms with van der Waals surface area (Å²) in [4.78, 5) is 2.24. The predicted molar refractivity (Wildman–Crippen MR) is 84.4 cm³/mol. The van der Waals surface area contributed by atoms with Crippen molar-refractivity contribution < 1.29 is 4.39 Å². The van der Waals surface area contributed by atoms with Gasteiger partial charge in [-0.25, -0.2) is 4.39 Å². The first-order valence-corrected chi connectivity index (χ1v) is 6.88. The van der Waals surface area contributed by atoms with Crippen LogP contribution in [0.1, 0.15) is 11.6 Å². The number of hydrogen-bond donors (Lipinski definition) is 1. The van der Waals surface area contributed by atoms with Crippen molar-refractivity contribution in [3.05, 3.63) is 48.0 Å². The number of alkyl halides is 1. The second-order valence-electron chi connectivity index (χ2n) is 5.06. The van der Waals surface area contributed by atoms with E-state index in [0.29, 0.717) is 0 Å². The molecule has 0 amide bonds. The lowest BCUT2D eigenvalue weighted by Crippen LogP contribution is -2.45. The molecule has 0 unspecified atom stereocenters. The van der Waals surface area contributed by atoms with Crippen LogP contribution in [-0.2, 0) is 0 Å². The van der Waals surface area contributed by atoms with Crippen molar-refractivity contribution in [3.63, 3.8) is 0 Å². The van der Waals surface area contributed by atoms with Gasteiger partial charge >= 0.3 is 0 Å². The zero-order chi connectivity index (χ0) is 13.1. The van der Waals surface area contributed by atoms with Crippen LogP contribution in [-0.4, -0.2) is 37.8 Å². The van der Waals surface area contributed by atoms with Gasteiger partial charge in [-0.05, 0) is 22.4 Å². The Hall–Kier alpha value is -1.16. The molecule has 1 heterocycles. The monoisotopic (exact) mass is 294 g/mol. The Morgan fingerprint density at radius 3 is 2.45 bits per heavy atom. The number of benzene rings is 2. The maximum atomic E-state index is 13.5. The Morgan fingerprint density at radius 1 is 1.05 bits per heavy atom. The highest BCUT2D eigenvalue weighted by Crippen LogP contribution is 2.25. The molecule has 1 atom stereocenters. The molecule has 2 aromatic carbocycles. The molecule has 0 saturated carbocycles. The van der Waals surface area contributed by atoms with Gasteiger partial charge in [0.05, 0.1) is 6.04 Å². The van der Waals surface area contributed by atoms with Gasteiger partial charge in [0.2, 0.25) is 0 Å². The minimum Gasteiger partial charge on any atom is -0.314 e. The molecular weight excluding hydrogens is 275 g/mol. The molecule has 1 aliphatic heterocycles. The van der Waals surface area contributed by atoms with E-state index in [1.165, 1.54) is 10.8 Å². The zero-order valence-electron chi connectivity index (χ0n) is 11.4. The third-order valence-electron chi connectivity index (χ3n) is 3.90. The molecule has 1 aliphatic rings. The number of halogens is 2. The van der Waals surface area contributed by atoms with E-state index in [1.54, 1.807) is 0 Å². The summed E-state index contributed by atoms with van der Waals surface area (Å²) in [6.45, 7) is 3.41. The number of fused-ring (bicyclic) bond motifs is 1. The van der Waals surface area contributed by atoms with Crippen LogP contribution in [0.2, 0.25) is 0 Å². The van der Waals surface area contributed by atoms with E-state index in [-0.39, 0.29) is 25.1 Å². The lowest BCUT2D eigenvalue weighted by molar-refractivity contribution is 0.147. The van der Waals surface area contributed by atoms with Crippen LogP contribution in [0, 0.1) is 0 Å². The van der Waals surface area contributed by atoms with Crippen LogP contribution in [0.15, 0.2) is 42.5 Å². The van der Waals surface area contributed by atoms with Gasteiger partial charge in [-0.3, -0.25) is 4.90 Å². The van der Waals surface area contributed by atoms with E-state index >= 15 is 0 Å². The van der Waals surface area contributed by atoms with E-state index < -0.39 is 0 Å². The molecule has 108 valence electrons. The first-order valence-electron chi connectivity index (χ1n) is 6.88. The largest absolute Gasteiger partial charge is 0.314 e. The quantitative estimate of drug-likeness (QED) is 0.935. The Morgan fingerprint density at radius 2 is 1.75 bits per heavy atom. The van der Waals surface area contributed by atoms with Crippen LogP contribution in [0.5, 0.6) is 0 Å². The van der Waals surface area contributed by atoms with Crippen LogP contribution in [0.3, 0.4) is 0 Å². The third-order valence-corrected chi connectivity index (χ3v) is 3.90. The van der Waals surface area contributed by atoms with Gasteiger partial charge in [-0.2, -0.15) is 0 Å². The highest BCUT2D eigenvalue weighted by atomic mass is 35.5. The molecular formula is C16H20ClFN2. The average Bonchev–Trinajstić information content (AvgIpc) is 2.49. The molecule has 2 nitrogen and oxygen atoms in total. The van der Waals surface area contributed by atoms with E-state index in [1.807, 2.05) is 12.1 Å². The SMILES string of the molecule is Cl.FC[C@H](c1ccc2ccccc2c1)N1CCNCC1. The molecule has 0 spiro atoms. The molecule has 3 rings (SSSR count). The van der Waals surface area contributed by atoms with Gasteiger partial charge in [-0.1, -0.05) is 36.4 Å². The Labute approximate surface area is 125 Å². The standard InChI is InChI=1S/C16H19FN2.ClH/c17-12-16(19-9-7-18-8-10-19)15-6-5-13-3-1-2-4-14(13)11-15;/h1-6,11,16,18H,7-10,12H2;1H/t16-;/m1./s1. The Balaban J connectivity index is 0.00000147. The molecule has 1 fully saturated rings. The topological polar surface area (TPSA) is 15.3 Å². The fourth-order valence-electron chi connectivity index (χ4n) is 2.81. The van der Waals surface area contributed by atoms with Gasteiger partial charge in [0, 0.05) is 26.2 Å². The number of hydrogen-bond acceptors (Lipinski definition) is 2. The van der Waals surface area contributed by atoms with Crippen molar-refractivity contribution in [3.8, 4) is 0 Å². The Kier molecular flexibility index (Phi) is 5.35. The van der Waals surface area contributed by atoms with Crippen molar-refractivity contribution in [1.82, 2.24) is 10.2 Å². The fraction of sp³-hybridized carbons (Fsp3) is 0.375. The summed E-state index contributed by atoms with van der Waals surface area (Å²) in [5, 5.41) is 5.71. The lowest BCUT2D eigenvalue weighted by atomic mass is 10.0. The second-order valence-corrected chi connectivity index (χ2v) is 5.06. The van der Waals surface area contributed by atoms with Crippen molar-refractivity contribution in [1.29, 1.82) is 0 Å². The summed E-state index contributed by atoms with van der Waals surface area (Å²) in [6, 6.07) is 14.4. The molecule has 0 aliphatic carbocycles. The molecule has 2 aromatic rings. The van der Waals surface area contributed by atoms with E-state index in [2.05, 4.69) is 40.5 Å². The molecule has 0 bridgehead atoms. The van der Waals surface area contributed by atoms with Gasteiger partial charge < -0.3 is 5.32 Å². The van der Waals surface area contributed by atoms with Crippen LogP contribution < -0.4 is 5.32 Å². The summed E-state index contributed by atoms with van der Waals surface area (Å²) in [5.74, 6) is 0. The summed E-state index contributed by atoms with van der Waals surface area (Å²) in [7, 11) is 0. The molecule has 4 heteroatoms. The maximum Gasteiger partial charge on any atom is 0.109 e. The average molecular weight is 295 g/mol. The molecule has 0 aromatic heterocycles. The minimum atomic E-state index is -0.321. The first kappa shape index (κ1) is 15.2. The predicted octanol–water partition coefficient (Wildman–Crippen LogP) is 3.18. The summed E-state index contributed by atoms with van der Waals surface area (Å²) < 4.78 is 13.5. The van der Waals surface area contributed by atoms with Crippen LogP contribution in [0.4, 0.5) is 4.39 Å². The molecule has 20 heavy (non-hydrogen) atoms. The first-order chi connectivity index (χ1) is 9.38. The van der Waals surface area contributed by atoms with Crippen molar-refractivity contribution in [2.45, 2.75) is 6.04 Å². The van der Waals surface area contributed by atoms with Crippen molar-refractivity contribution in [2.75, 3.05) is 32.9 Å². The van der Waals surface area contributed by atoms with Crippen molar-refractivity contribution in [2.24, 2.45) is 0 Å². The van der Waals surface area contributed by atoms with Gasteiger partial charge in [0.1, 0.15) is 6.67 Å². The number of nitrogens with zero attached hydrogens (tertiary/aromatic N) is 1. The molecule has 0 radical (unpaired) electrons. The number of piperazine rings is 1. The number of rotatable bonds is 3. The second kappa shape index (κ2) is 7.02. The van der Waals surface area contributed by atoms with Gasteiger partial charge in [-0.15, -0.1) is 12.4 Å². The third kappa shape index (κ3) is 3.11. The summed E-state index contributed by atoms with van der Waals surface area (Å²) in [5.41, 5.74) is 1.09. The smallest absolute Gasteiger partial charge is 0.109 e. The summed E-state index contributed by atoms with van der Waals surface area (Å²) in [6.07, 6.45) is 0. The highest BCUT2D eigenvalue weighted by Gasteiger charge is 2.22. The zero-order valence-corrected chi connectivity index (χ0v) is 12.2. The van der Waals surface area contributed by atoms with Crippen LogP contribution in [0.25, 0.3) is 10.8 Å². The van der Waals surface area contributed by atoms with E-state index in [9.17, 15) is 4.39 Å². The minimum absolute atomic E-state index is 0. The van der Waals surface area contributed by atoms with Crippen LogP contribution >= 0.6 is 12.4 Å². The Bertz CT molecular complexity index is 555. The van der Waals surface area contributed by atoms with E-state index in [4.69, 9.17) is 0 Å². The van der Waals surface area contributed by atoms with E-state index in [0.717, 1.165) is 31.7 Å². The van der Waals surface area contributed by atoms with Gasteiger partial charge in [0.25, 0.3) is 0 Å².